The summed E-state index contributed by atoms with van der Waals surface area (Å²) in [6.45, 7) is 8.88. The highest BCUT2D eigenvalue weighted by atomic mass is 16.6. The van der Waals surface area contributed by atoms with E-state index in [4.69, 9.17) is 9.47 Å². The van der Waals surface area contributed by atoms with E-state index in [0.29, 0.717) is 37.0 Å². The molecule has 0 bridgehead atoms. The number of benzene rings is 1. The summed E-state index contributed by atoms with van der Waals surface area (Å²) in [6, 6.07) is 4.76. The molecule has 3 amide bonds. The molecule has 10 heteroatoms. The molecule has 0 spiro atoms. The Kier molecular flexibility index (Phi) is 8.71. The van der Waals surface area contributed by atoms with Gasteiger partial charge in [0.2, 0.25) is 5.91 Å². The Labute approximate surface area is 231 Å². The van der Waals surface area contributed by atoms with Crippen LogP contribution in [-0.2, 0) is 25.6 Å². The third kappa shape index (κ3) is 7.02. The Bertz CT molecular complexity index is 1080. The van der Waals surface area contributed by atoms with Gasteiger partial charge in [-0.15, -0.1) is 0 Å². The molecule has 3 aliphatic heterocycles. The van der Waals surface area contributed by atoms with Gasteiger partial charge in [0.1, 0.15) is 11.6 Å². The van der Waals surface area contributed by atoms with Crippen LogP contribution in [0.15, 0.2) is 18.2 Å². The number of methoxy groups -OCH3 is 1. The molecular formula is C29H42N4O6. The summed E-state index contributed by atoms with van der Waals surface area (Å²) in [5.74, 6) is 0.466. The summed E-state index contributed by atoms with van der Waals surface area (Å²) in [4.78, 5) is 55.6. The number of hydrogen-bond acceptors (Lipinski definition) is 7. The van der Waals surface area contributed by atoms with Crippen molar-refractivity contribution in [1.82, 2.24) is 14.7 Å². The molecule has 214 valence electrons. The highest BCUT2D eigenvalue weighted by Gasteiger charge is 2.34. The minimum absolute atomic E-state index is 0.000308. The minimum Gasteiger partial charge on any atom is -0.469 e. The first kappa shape index (κ1) is 28.7. The van der Waals surface area contributed by atoms with Gasteiger partial charge < -0.3 is 29.5 Å². The maximum atomic E-state index is 13.4. The van der Waals surface area contributed by atoms with Gasteiger partial charge in [-0.1, -0.05) is 0 Å². The topological polar surface area (TPSA) is 108 Å². The van der Waals surface area contributed by atoms with E-state index in [1.807, 2.05) is 42.7 Å². The summed E-state index contributed by atoms with van der Waals surface area (Å²) in [7, 11) is 3.00. The molecular weight excluding hydrogens is 500 g/mol. The lowest BCUT2D eigenvalue weighted by Crippen LogP contribution is -2.45. The maximum absolute atomic E-state index is 13.4. The zero-order valence-electron chi connectivity index (χ0n) is 23.8. The number of nitrogens with one attached hydrogen (secondary N) is 1. The first-order valence-corrected chi connectivity index (χ1v) is 13.9. The van der Waals surface area contributed by atoms with Crippen molar-refractivity contribution in [2.45, 2.75) is 71.1 Å². The van der Waals surface area contributed by atoms with Gasteiger partial charge in [-0.2, -0.15) is 0 Å². The second kappa shape index (κ2) is 11.8. The number of nitrogens with zero attached hydrogens (tertiary/aromatic N) is 3. The molecule has 1 aromatic carbocycles. The van der Waals surface area contributed by atoms with Crippen LogP contribution in [0.2, 0.25) is 0 Å². The van der Waals surface area contributed by atoms with Crippen molar-refractivity contribution in [3.63, 3.8) is 0 Å². The number of carbonyl (C=O) groups is 4. The Morgan fingerprint density at radius 1 is 0.974 bits per heavy atom. The zero-order chi connectivity index (χ0) is 28.3. The van der Waals surface area contributed by atoms with E-state index in [1.54, 1.807) is 18.0 Å². The van der Waals surface area contributed by atoms with Crippen LogP contribution in [0.4, 0.5) is 10.5 Å². The number of likely N-dealkylation sites (N-methyl/N-ethyl adjacent to an activating group) is 1. The lowest BCUT2D eigenvalue weighted by atomic mass is 9.79. The van der Waals surface area contributed by atoms with Crippen molar-refractivity contribution in [3.05, 3.63) is 29.3 Å². The molecule has 3 aliphatic rings. The summed E-state index contributed by atoms with van der Waals surface area (Å²) >= 11 is 0. The van der Waals surface area contributed by atoms with E-state index in [-0.39, 0.29) is 24.3 Å². The lowest BCUT2D eigenvalue weighted by molar-refractivity contribution is -0.143. The van der Waals surface area contributed by atoms with Crippen LogP contribution < -0.4 is 5.32 Å². The van der Waals surface area contributed by atoms with Crippen LogP contribution in [0.5, 0.6) is 0 Å². The van der Waals surface area contributed by atoms with Gasteiger partial charge in [0.05, 0.1) is 13.5 Å². The fourth-order valence-corrected chi connectivity index (χ4v) is 5.87. The van der Waals surface area contributed by atoms with E-state index in [0.717, 1.165) is 50.0 Å². The number of piperidine rings is 2. The minimum atomic E-state index is -0.708. The van der Waals surface area contributed by atoms with Gasteiger partial charge >= 0.3 is 12.1 Å². The second-order valence-corrected chi connectivity index (χ2v) is 12.0. The molecule has 2 saturated heterocycles. The van der Waals surface area contributed by atoms with Crippen molar-refractivity contribution in [2.75, 3.05) is 45.7 Å². The van der Waals surface area contributed by atoms with Crippen LogP contribution in [0.3, 0.4) is 0 Å². The van der Waals surface area contributed by atoms with E-state index in [1.165, 1.54) is 7.11 Å². The molecule has 1 aromatic rings. The van der Waals surface area contributed by atoms with Crippen molar-refractivity contribution in [2.24, 2.45) is 11.8 Å². The van der Waals surface area contributed by atoms with E-state index < -0.39 is 17.6 Å². The smallest absolute Gasteiger partial charge is 0.410 e. The molecule has 1 N–H and O–H groups in total. The first-order chi connectivity index (χ1) is 18.4. The number of amides is 3. The lowest BCUT2D eigenvalue weighted by Gasteiger charge is -2.40. The molecule has 0 aromatic heterocycles. The second-order valence-electron chi connectivity index (χ2n) is 12.0. The van der Waals surface area contributed by atoms with Crippen molar-refractivity contribution in [1.29, 1.82) is 0 Å². The number of esters is 1. The number of carbonyl (C=O) groups excluding carboxylic acids is 4. The molecule has 0 unspecified atom stereocenters. The zero-order valence-corrected chi connectivity index (χ0v) is 23.8. The highest BCUT2D eigenvalue weighted by Crippen LogP contribution is 2.34. The predicted octanol–water partition coefficient (Wildman–Crippen LogP) is 3.50. The number of anilines is 1. The Morgan fingerprint density at radius 2 is 1.56 bits per heavy atom. The Balaban J connectivity index is 1.32. The van der Waals surface area contributed by atoms with Gasteiger partial charge in [-0.05, 0) is 82.1 Å². The molecule has 0 radical (unpaired) electrons. The Hall–Kier alpha value is -3.30. The standard InChI is InChI=1S/C29H42N4O6/c1-29(2,3)39-28(37)33-14-10-20(11-15-33)19-8-12-32(13-9-19)26(35)21-6-7-23-22(16-21)18-31(4)27(36)24(30-23)17-25(34)38-5/h6-7,16,19-20,24,30H,8-15,17-18H2,1-5H3/t24-/m1/s1. The third-order valence-corrected chi connectivity index (χ3v) is 8.05. The highest BCUT2D eigenvalue weighted by molar-refractivity contribution is 5.96. The molecule has 4 rings (SSSR count). The van der Waals surface area contributed by atoms with Gasteiger partial charge in [-0.3, -0.25) is 14.4 Å². The number of rotatable bonds is 4. The molecule has 0 aliphatic carbocycles. The van der Waals surface area contributed by atoms with Crippen LogP contribution in [-0.4, -0.2) is 90.6 Å². The van der Waals surface area contributed by atoms with Crippen LogP contribution in [0, 0.1) is 11.8 Å². The number of hydrogen-bond donors (Lipinski definition) is 1. The molecule has 10 nitrogen and oxygen atoms in total. The summed E-state index contributed by atoms with van der Waals surface area (Å²) in [6.07, 6.45) is 3.57. The van der Waals surface area contributed by atoms with Gasteiger partial charge in [-0.25, -0.2) is 4.79 Å². The maximum Gasteiger partial charge on any atom is 0.410 e. The fourth-order valence-electron chi connectivity index (χ4n) is 5.87. The summed E-state index contributed by atoms with van der Waals surface area (Å²) in [5, 5.41) is 3.16. The number of ether oxygens (including phenoxy) is 2. The van der Waals surface area contributed by atoms with Crippen LogP contribution in [0.25, 0.3) is 0 Å². The average molecular weight is 543 g/mol. The fraction of sp³-hybridized carbons (Fsp3) is 0.655. The average Bonchev–Trinajstić information content (AvgIpc) is 3.02. The Morgan fingerprint density at radius 3 is 2.13 bits per heavy atom. The first-order valence-electron chi connectivity index (χ1n) is 13.9. The van der Waals surface area contributed by atoms with Gasteiger partial charge in [0.25, 0.3) is 5.91 Å². The molecule has 1 atom stereocenters. The molecule has 2 fully saturated rings. The van der Waals surface area contributed by atoms with E-state index >= 15 is 0 Å². The van der Waals surface area contributed by atoms with Crippen LogP contribution in [0.1, 0.15) is 68.8 Å². The summed E-state index contributed by atoms with van der Waals surface area (Å²) in [5.41, 5.74) is 1.71. The predicted molar refractivity (Wildman–Crippen MR) is 146 cm³/mol. The molecule has 39 heavy (non-hydrogen) atoms. The SMILES string of the molecule is COC(=O)C[C@H]1Nc2ccc(C(=O)N3CCC(C4CCN(C(=O)OC(C)(C)C)CC4)CC3)cc2CN(C)C1=O. The molecule has 0 saturated carbocycles. The monoisotopic (exact) mass is 542 g/mol. The number of likely N-dealkylation sites (tertiary alicyclic amines) is 2. The number of fused-ring (bicyclic) bond motifs is 1. The van der Waals surface area contributed by atoms with Crippen LogP contribution >= 0.6 is 0 Å². The van der Waals surface area contributed by atoms with Crippen molar-refractivity contribution in [3.8, 4) is 0 Å². The van der Waals surface area contributed by atoms with E-state index in [9.17, 15) is 19.2 Å². The van der Waals surface area contributed by atoms with Gasteiger partial charge in [0, 0.05) is 51.0 Å². The largest absolute Gasteiger partial charge is 0.469 e. The van der Waals surface area contributed by atoms with Crippen molar-refractivity contribution < 1.29 is 28.7 Å². The summed E-state index contributed by atoms with van der Waals surface area (Å²) < 4.78 is 10.3. The normalized spacial score (nSPS) is 21.1. The quantitative estimate of drug-likeness (QED) is 0.580. The molecule has 3 heterocycles. The van der Waals surface area contributed by atoms with Gasteiger partial charge in [0.15, 0.2) is 0 Å². The third-order valence-electron chi connectivity index (χ3n) is 8.05. The van der Waals surface area contributed by atoms with E-state index in [2.05, 4.69) is 5.32 Å². The van der Waals surface area contributed by atoms with Crippen molar-refractivity contribution >= 4 is 29.6 Å².